The zero-order valence-corrected chi connectivity index (χ0v) is 18.7. The van der Waals surface area contributed by atoms with E-state index < -0.39 is 0 Å². The molecule has 1 aliphatic rings. The highest BCUT2D eigenvalue weighted by Gasteiger charge is 2.28. The second-order valence-electron chi connectivity index (χ2n) is 7.38. The highest BCUT2D eigenvalue weighted by Crippen LogP contribution is 2.30. The Balaban J connectivity index is 1.49. The highest BCUT2D eigenvalue weighted by molar-refractivity contribution is 7.80. The van der Waals surface area contributed by atoms with Gasteiger partial charge in [-0.25, -0.2) is 0 Å². The van der Waals surface area contributed by atoms with Crippen LogP contribution in [0.2, 0.25) is 0 Å². The minimum atomic E-state index is -0.296. The van der Waals surface area contributed by atoms with Gasteiger partial charge in [0.25, 0.3) is 5.91 Å². The van der Waals surface area contributed by atoms with Crippen LogP contribution in [0.4, 0.5) is 11.4 Å². The summed E-state index contributed by atoms with van der Waals surface area (Å²) in [5.41, 5.74) is 6.94. The number of furan rings is 1. The summed E-state index contributed by atoms with van der Waals surface area (Å²) in [5, 5.41) is 10.9. The standard InChI is InChI=1S/C24H24N4O3S/c1-15-21-19(27-28-24(32)26-16-7-4-3-5-8-16)9-6-10-20(21)31-22(15)23(29)25-17-11-13-18(30-2)14-12-17/h3-5,7-8,11-14H,6,9-10H2,1-2H3,(H,25,29)(H2,26,28,32)/b27-19+. The van der Waals surface area contributed by atoms with Crippen molar-refractivity contribution in [3.8, 4) is 5.75 Å². The maximum atomic E-state index is 12.9. The van der Waals surface area contributed by atoms with Crippen molar-refractivity contribution in [3.05, 3.63) is 77.2 Å². The van der Waals surface area contributed by atoms with Gasteiger partial charge in [-0.2, -0.15) is 5.10 Å². The van der Waals surface area contributed by atoms with Crippen LogP contribution in [-0.2, 0) is 6.42 Å². The van der Waals surface area contributed by atoms with E-state index in [4.69, 9.17) is 21.4 Å². The number of aryl methyl sites for hydroxylation is 1. The number of hydrogen-bond donors (Lipinski definition) is 3. The van der Waals surface area contributed by atoms with Crippen LogP contribution in [0.25, 0.3) is 0 Å². The lowest BCUT2D eigenvalue weighted by atomic mass is 9.93. The van der Waals surface area contributed by atoms with Gasteiger partial charge < -0.3 is 19.8 Å². The first-order valence-electron chi connectivity index (χ1n) is 10.3. The average molecular weight is 449 g/mol. The number of nitrogens with one attached hydrogen (secondary N) is 3. The van der Waals surface area contributed by atoms with Crippen LogP contribution in [-0.4, -0.2) is 23.8 Å². The number of ether oxygens (including phenoxy) is 1. The van der Waals surface area contributed by atoms with E-state index in [2.05, 4.69) is 21.2 Å². The minimum Gasteiger partial charge on any atom is -0.497 e. The summed E-state index contributed by atoms with van der Waals surface area (Å²) in [6.07, 6.45) is 2.42. The highest BCUT2D eigenvalue weighted by atomic mass is 32.1. The van der Waals surface area contributed by atoms with Gasteiger partial charge in [0.2, 0.25) is 0 Å². The number of amides is 1. The van der Waals surface area contributed by atoms with E-state index in [1.54, 1.807) is 31.4 Å². The smallest absolute Gasteiger partial charge is 0.291 e. The predicted molar refractivity (Wildman–Crippen MR) is 130 cm³/mol. The first kappa shape index (κ1) is 21.6. The van der Waals surface area contributed by atoms with Crippen LogP contribution in [0, 0.1) is 6.92 Å². The Morgan fingerprint density at radius 3 is 2.47 bits per heavy atom. The van der Waals surface area contributed by atoms with Crippen molar-refractivity contribution < 1.29 is 13.9 Å². The van der Waals surface area contributed by atoms with E-state index in [1.807, 2.05) is 37.3 Å². The predicted octanol–water partition coefficient (Wildman–Crippen LogP) is 4.88. The summed E-state index contributed by atoms with van der Waals surface area (Å²) in [6.45, 7) is 1.88. The van der Waals surface area contributed by atoms with Crippen molar-refractivity contribution >= 4 is 40.3 Å². The largest absolute Gasteiger partial charge is 0.497 e. The number of carbonyl (C=O) groups excluding carboxylic acids is 1. The van der Waals surface area contributed by atoms with Crippen LogP contribution in [0.1, 0.15) is 40.3 Å². The molecule has 0 spiro atoms. The summed E-state index contributed by atoms with van der Waals surface area (Å²) in [7, 11) is 1.60. The van der Waals surface area contributed by atoms with E-state index >= 15 is 0 Å². The molecule has 8 heteroatoms. The van der Waals surface area contributed by atoms with Gasteiger partial charge in [0.05, 0.1) is 12.8 Å². The van der Waals surface area contributed by atoms with Gasteiger partial charge in [-0.05, 0) is 68.4 Å². The van der Waals surface area contributed by atoms with Crippen molar-refractivity contribution in [2.45, 2.75) is 26.2 Å². The maximum Gasteiger partial charge on any atom is 0.291 e. The Bertz CT molecular complexity index is 1150. The molecule has 1 amide bonds. The summed E-state index contributed by atoms with van der Waals surface area (Å²) in [5.74, 6) is 1.50. The molecule has 0 aliphatic heterocycles. The van der Waals surface area contributed by atoms with Gasteiger partial charge in [-0.1, -0.05) is 18.2 Å². The fourth-order valence-electron chi connectivity index (χ4n) is 3.66. The molecule has 7 nitrogen and oxygen atoms in total. The molecule has 0 unspecified atom stereocenters. The van der Waals surface area contributed by atoms with Crippen LogP contribution in [0.15, 0.2) is 64.1 Å². The van der Waals surface area contributed by atoms with Crippen LogP contribution < -0.4 is 20.8 Å². The normalized spacial score (nSPS) is 13.9. The molecular formula is C24H24N4O3S. The summed E-state index contributed by atoms with van der Waals surface area (Å²) in [4.78, 5) is 12.9. The molecule has 0 radical (unpaired) electrons. The Kier molecular flexibility index (Phi) is 6.51. The van der Waals surface area contributed by atoms with E-state index in [0.717, 1.165) is 53.3 Å². The lowest BCUT2D eigenvalue weighted by Crippen LogP contribution is -2.26. The second-order valence-corrected chi connectivity index (χ2v) is 7.79. The molecule has 0 saturated heterocycles. The Morgan fingerprint density at radius 2 is 1.75 bits per heavy atom. The van der Waals surface area contributed by atoms with E-state index in [-0.39, 0.29) is 5.91 Å². The third-order valence-corrected chi connectivity index (χ3v) is 5.40. The van der Waals surface area contributed by atoms with Crippen LogP contribution in [0.3, 0.4) is 0 Å². The SMILES string of the molecule is COc1ccc(NC(=O)c2oc3c(c2C)/C(=N/NC(=S)Nc2ccccc2)CCC3)cc1. The molecule has 1 aliphatic carbocycles. The molecule has 4 rings (SSSR count). The summed E-state index contributed by atoms with van der Waals surface area (Å²) >= 11 is 5.35. The summed E-state index contributed by atoms with van der Waals surface area (Å²) in [6, 6.07) is 16.8. The van der Waals surface area contributed by atoms with Gasteiger partial charge in [-0.15, -0.1) is 0 Å². The average Bonchev–Trinajstić information content (AvgIpc) is 3.16. The van der Waals surface area contributed by atoms with E-state index in [1.165, 1.54) is 0 Å². The Labute approximate surface area is 191 Å². The fraction of sp³-hybridized carbons (Fsp3) is 0.208. The van der Waals surface area contributed by atoms with Crippen molar-refractivity contribution in [2.24, 2.45) is 5.10 Å². The third-order valence-electron chi connectivity index (χ3n) is 5.20. The van der Waals surface area contributed by atoms with Crippen LogP contribution >= 0.6 is 12.2 Å². The first-order chi connectivity index (χ1) is 15.5. The molecule has 0 atom stereocenters. The number of hydrazone groups is 1. The topological polar surface area (TPSA) is 87.9 Å². The zero-order chi connectivity index (χ0) is 22.5. The molecule has 2 aromatic carbocycles. The Hall–Kier alpha value is -3.65. The zero-order valence-electron chi connectivity index (χ0n) is 17.9. The van der Waals surface area contributed by atoms with Gasteiger partial charge in [0.15, 0.2) is 10.9 Å². The quantitative estimate of drug-likeness (QED) is 0.381. The molecule has 0 fully saturated rings. The molecular weight excluding hydrogens is 424 g/mol. The molecule has 1 heterocycles. The number of carbonyl (C=O) groups is 1. The molecule has 164 valence electrons. The Morgan fingerprint density at radius 1 is 1.03 bits per heavy atom. The number of thiocarbonyl (C=S) groups is 1. The van der Waals surface area contributed by atoms with Crippen molar-refractivity contribution in [1.82, 2.24) is 5.43 Å². The number of hydrogen-bond acceptors (Lipinski definition) is 5. The van der Waals surface area contributed by atoms with Crippen molar-refractivity contribution in [1.29, 1.82) is 0 Å². The number of nitrogens with zero attached hydrogens (tertiary/aromatic N) is 1. The lowest BCUT2D eigenvalue weighted by Gasteiger charge is -2.14. The van der Waals surface area contributed by atoms with Gasteiger partial charge in [0, 0.05) is 28.9 Å². The molecule has 3 aromatic rings. The van der Waals surface area contributed by atoms with E-state index in [9.17, 15) is 4.79 Å². The van der Waals surface area contributed by atoms with Crippen molar-refractivity contribution in [3.63, 3.8) is 0 Å². The number of benzene rings is 2. The minimum absolute atomic E-state index is 0.296. The molecule has 32 heavy (non-hydrogen) atoms. The van der Waals surface area contributed by atoms with E-state index in [0.29, 0.717) is 16.6 Å². The number of fused-ring (bicyclic) bond motifs is 1. The van der Waals surface area contributed by atoms with Crippen LogP contribution in [0.5, 0.6) is 5.75 Å². The fourth-order valence-corrected chi connectivity index (χ4v) is 3.82. The second kappa shape index (κ2) is 9.65. The number of para-hydroxylation sites is 1. The van der Waals surface area contributed by atoms with Gasteiger partial charge >= 0.3 is 0 Å². The van der Waals surface area contributed by atoms with Crippen molar-refractivity contribution in [2.75, 3.05) is 17.7 Å². The first-order valence-corrected chi connectivity index (χ1v) is 10.7. The number of rotatable bonds is 5. The number of anilines is 2. The summed E-state index contributed by atoms with van der Waals surface area (Å²) < 4.78 is 11.1. The molecule has 0 saturated carbocycles. The number of methoxy groups -OCH3 is 1. The van der Waals surface area contributed by atoms with Gasteiger partial charge in [0.1, 0.15) is 11.5 Å². The van der Waals surface area contributed by atoms with Gasteiger partial charge in [-0.3, -0.25) is 10.2 Å². The third kappa shape index (κ3) is 4.81. The monoisotopic (exact) mass is 448 g/mol. The molecule has 3 N–H and O–H groups in total. The lowest BCUT2D eigenvalue weighted by molar-refractivity contribution is 0.0994. The molecule has 0 bridgehead atoms. The maximum absolute atomic E-state index is 12.9. The molecule has 1 aromatic heterocycles.